The summed E-state index contributed by atoms with van der Waals surface area (Å²) in [5.41, 5.74) is 2.90. The van der Waals surface area contributed by atoms with Gasteiger partial charge in [-0.05, 0) is 50.1 Å². The summed E-state index contributed by atoms with van der Waals surface area (Å²) in [6.45, 7) is 4.16. The first-order valence-electron chi connectivity index (χ1n) is 8.75. The molecule has 0 amide bonds. The van der Waals surface area contributed by atoms with Gasteiger partial charge in [-0.2, -0.15) is 5.10 Å². The molecule has 1 aliphatic heterocycles. The number of piperidine rings is 1. The Balaban J connectivity index is 1.69. The lowest BCUT2D eigenvalue weighted by Crippen LogP contribution is -2.38. The smallest absolute Gasteiger partial charge is 0.154 e. The Kier molecular flexibility index (Phi) is 4.28. The molecule has 1 unspecified atom stereocenters. The second kappa shape index (κ2) is 6.72. The number of β-amino-alcohol motifs (C(OH)–C–C–N with tert-alkyl or cyclic N) is 1. The van der Waals surface area contributed by atoms with Gasteiger partial charge in [0.05, 0.1) is 18.4 Å². The Morgan fingerprint density at radius 2 is 2.12 bits per heavy atom. The van der Waals surface area contributed by atoms with Crippen LogP contribution in [0.4, 0.5) is 5.82 Å². The predicted molar refractivity (Wildman–Crippen MR) is 97.0 cm³/mol. The van der Waals surface area contributed by atoms with Gasteiger partial charge in [0.1, 0.15) is 11.3 Å². The van der Waals surface area contributed by atoms with Gasteiger partial charge in [-0.25, -0.2) is 9.50 Å². The number of aliphatic hydroxyl groups is 1. The lowest BCUT2D eigenvalue weighted by molar-refractivity contribution is 0.154. The minimum Gasteiger partial charge on any atom is -0.494 e. The van der Waals surface area contributed by atoms with E-state index < -0.39 is 0 Å². The van der Waals surface area contributed by atoms with Crippen molar-refractivity contribution in [3.05, 3.63) is 42.7 Å². The summed E-state index contributed by atoms with van der Waals surface area (Å²) in [4.78, 5) is 6.69. The zero-order valence-corrected chi connectivity index (χ0v) is 14.3. The van der Waals surface area contributed by atoms with Gasteiger partial charge in [-0.15, -0.1) is 0 Å². The Hall–Kier alpha value is -2.60. The molecule has 130 valence electrons. The molecule has 4 rings (SSSR count). The van der Waals surface area contributed by atoms with Crippen LogP contribution in [0, 0.1) is 0 Å². The molecule has 0 saturated carbocycles. The number of fused-ring (bicyclic) bond motifs is 1. The molecule has 1 fully saturated rings. The SMILES string of the molecule is CCOc1ccc(-c2cc3c(N4CCCC(O)C4)nccn3n2)cc1. The fourth-order valence-corrected chi connectivity index (χ4v) is 3.33. The first kappa shape index (κ1) is 15.9. The predicted octanol–water partition coefficient (Wildman–Crippen LogP) is 2.76. The van der Waals surface area contributed by atoms with Crippen molar-refractivity contribution in [2.24, 2.45) is 0 Å². The molecule has 0 radical (unpaired) electrons. The van der Waals surface area contributed by atoms with Gasteiger partial charge in [0, 0.05) is 31.0 Å². The summed E-state index contributed by atoms with van der Waals surface area (Å²) in [6.07, 6.45) is 5.17. The van der Waals surface area contributed by atoms with Gasteiger partial charge < -0.3 is 14.7 Å². The van der Waals surface area contributed by atoms with Gasteiger partial charge in [0.2, 0.25) is 0 Å². The Labute approximate surface area is 146 Å². The lowest BCUT2D eigenvalue weighted by Gasteiger charge is -2.31. The van der Waals surface area contributed by atoms with E-state index in [1.807, 2.05) is 41.9 Å². The highest BCUT2D eigenvalue weighted by Gasteiger charge is 2.21. The molecule has 1 N–H and O–H groups in total. The minimum absolute atomic E-state index is 0.288. The monoisotopic (exact) mass is 338 g/mol. The molecule has 1 aliphatic rings. The van der Waals surface area contributed by atoms with E-state index in [1.165, 1.54) is 0 Å². The van der Waals surface area contributed by atoms with Crippen LogP contribution in [0.15, 0.2) is 42.7 Å². The summed E-state index contributed by atoms with van der Waals surface area (Å²) in [6, 6.07) is 10.0. The van der Waals surface area contributed by atoms with Crippen LogP contribution >= 0.6 is 0 Å². The number of ether oxygens (including phenoxy) is 1. The first-order chi connectivity index (χ1) is 12.2. The van der Waals surface area contributed by atoms with Crippen LogP contribution in [0.25, 0.3) is 16.8 Å². The van der Waals surface area contributed by atoms with Crippen molar-refractivity contribution in [3.63, 3.8) is 0 Å². The highest BCUT2D eigenvalue weighted by molar-refractivity contribution is 5.75. The highest BCUT2D eigenvalue weighted by atomic mass is 16.5. The number of hydrogen-bond acceptors (Lipinski definition) is 5. The topological polar surface area (TPSA) is 62.9 Å². The Bertz CT molecular complexity index is 859. The van der Waals surface area contributed by atoms with Crippen molar-refractivity contribution < 1.29 is 9.84 Å². The van der Waals surface area contributed by atoms with Crippen molar-refractivity contribution in [1.29, 1.82) is 0 Å². The molecule has 1 saturated heterocycles. The molecule has 3 aromatic rings. The molecule has 1 atom stereocenters. The van der Waals surface area contributed by atoms with Crippen molar-refractivity contribution in [2.75, 3.05) is 24.6 Å². The maximum Gasteiger partial charge on any atom is 0.154 e. The molecule has 3 heterocycles. The fraction of sp³-hybridized carbons (Fsp3) is 0.368. The number of hydrogen-bond donors (Lipinski definition) is 1. The van der Waals surface area contributed by atoms with E-state index in [2.05, 4.69) is 21.0 Å². The zero-order chi connectivity index (χ0) is 17.2. The van der Waals surface area contributed by atoms with Gasteiger partial charge in [-0.3, -0.25) is 0 Å². The van der Waals surface area contributed by atoms with Crippen molar-refractivity contribution in [1.82, 2.24) is 14.6 Å². The van der Waals surface area contributed by atoms with E-state index in [0.29, 0.717) is 13.2 Å². The number of aliphatic hydroxyl groups excluding tert-OH is 1. The molecule has 1 aromatic carbocycles. The van der Waals surface area contributed by atoms with Crippen molar-refractivity contribution in [3.8, 4) is 17.0 Å². The number of aromatic nitrogens is 3. The number of benzene rings is 1. The van der Waals surface area contributed by atoms with Crippen molar-refractivity contribution >= 4 is 11.3 Å². The molecule has 2 aromatic heterocycles. The third-order valence-corrected chi connectivity index (χ3v) is 4.53. The third kappa shape index (κ3) is 3.17. The summed E-state index contributed by atoms with van der Waals surface area (Å²) >= 11 is 0. The van der Waals surface area contributed by atoms with Gasteiger partial charge in [0.25, 0.3) is 0 Å². The summed E-state index contributed by atoms with van der Waals surface area (Å²) in [5.74, 6) is 1.74. The van der Waals surface area contributed by atoms with Crippen LogP contribution in [0.1, 0.15) is 19.8 Å². The molecule has 0 spiro atoms. The van der Waals surface area contributed by atoms with E-state index in [4.69, 9.17) is 4.74 Å². The maximum atomic E-state index is 9.96. The van der Waals surface area contributed by atoms with Crippen LogP contribution in [-0.2, 0) is 0 Å². The van der Waals surface area contributed by atoms with E-state index in [0.717, 1.165) is 47.7 Å². The second-order valence-electron chi connectivity index (χ2n) is 6.31. The molecular formula is C19H22N4O2. The normalized spacial score (nSPS) is 17.8. The summed E-state index contributed by atoms with van der Waals surface area (Å²) in [7, 11) is 0. The van der Waals surface area contributed by atoms with E-state index in [1.54, 1.807) is 6.20 Å². The molecule has 6 nitrogen and oxygen atoms in total. The third-order valence-electron chi connectivity index (χ3n) is 4.53. The summed E-state index contributed by atoms with van der Waals surface area (Å²) in [5, 5.41) is 14.6. The van der Waals surface area contributed by atoms with Crippen LogP contribution in [0.5, 0.6) is 5.75 Å². The van der Waals surface area contributed by atoms with Crippen LogP contribution in [0.2, 0.25) is 0 Å². The number of anilines is 1. The van der Waals surface area contributed by atoms with Crippen LogP contribution in [0.3, 0.4) is 0 Å². The van der Waals surface area contributed by atoms with E-state index in [9.17, 15) is 5.11 Å². The number of rotatable bonds is 4. The van der Waals surface area contributed by atoms with Crippen LogP contribution in [-0.4, -0.2) is 45.5 Å². The highest BCUT2D eigenvalue weighted by Crippen LogP contribution is 2.27. The second-order valence-corrected chi connectivity index (χ2v) is 6.31. The zero-order valence-electron chi connectivity index (χ0n) is 14.3. The van der Waals surface area contributed by atoms with E-state index in [-0.39, 0.29) is 6.10 Å². The maximum absolute atomic E-state index is 9.96. The molecular weight excluding hydrogens is 316 g/mol. The fourth-order valence-electron chi connectivity index (χ4n) is 3.33. The summed E-state index contributed by atoms with van der Waals surface area (Å²) < 4.78 is 7.35. The molecule has 0 aliphatic carbocycles. The Morgan fingerprint density at radius 1 is 1.28 bits per heavy atom. The minimum atomic E-state index is -0.288. The van der Waals surface area contributed by atoms with Gasteiger partial charge in [0.15, 0.2) is 5.82 Å². The van der Waals surface area contributed by atoms with Crippen molar-refractivity contribution in [2.45, 2.75) is 25.9 Å². The lowest BCUT2D eigenvalue weighted by atomic mass is 10.1. The molecule has 25 heavy (non-hydrogen) atoms. The largest absolute Gasteiger partial charge is 0.494 e. The number of nitrogens with zero attached hydrogens (tertiary/aromatic N) is 4. The van der Waals surface area contributed by atoms with E-state index >= 15 is 0 Å². The van der Waals surface area contributed by atoms with Gasteiger partial charge >= 0.3 is 0 Å². The quantitative estimate of drug-likeness (QED) is 0.792. The molecule has 0 bridgehead atoms. The van der Waals surface area contributed by atoms with Crippen LogP contribution < -0.4 is 9.64 Å². The average molecular weight is 338 g/mol. The average Bonchev–Trinajstić information content (AvgIpc) is 3.07. The first-order valence-corrected chi connectivity index (χ1v) is 8.75. The standard InChI is InChI=1S/C19H22N4O2/c1-2-25-16-7-5-14(6-8-16)17-12-18-19(20-9-11-23(18)21-17)22-10-3-4-15(24)13-22/h5-9,11-12,15,24H,2-4,10,13H2,1H3. The van der Waals surface area contributed by atoms with Gasteiger partial charge in [-0.1, -0.05) is 0 Å². The molecule has 6 heteroatoms. The Morgan fingerprint density at radius 3 is 2.88 bits per heavy atom.